The van der Waals surface area contributed by atoms with Crippen molar-refractivity contribution in [1.29, 1.82) is 0 Å². The first-order valence-electron chi connectivity index (χ1n) is 5.38. The minimum absolute atomic E-state index is 0.0302. The second-order valence-electron chi connectivity index (χ2n) is 3.74. The topological polar surface area (TPSA) is 69.2 Å². The van der Waals surface area contributed by atoms with E-state index in [1.807, 2.05) is 0 Å². The van der Waals surface area contributed by atoms with Gasteiger partial charge in [-0.1, -0.05) is 24.3 Å². The molecule has 96 valence electrons. The highest BCUT2D eigenvalue weighted by molar-refractivity contribution is 7.87. The maximum atomic E-state index is 12.2. The predicted molar refractivity (Wildman–Crippen MR) is 71.7 cm³/mol. The molecule has 0 fully saturated rings. The first-order valence-corrected chi connectivity index (χ1v) is 7.51. The Morgan fingerprint density at radius 3 is 2.53 bits per heavy atom. The molecule has 3 rings (SSSR count). The third-order valence-electron chi connectivity index (χ3n) is 2.47. The Morgan fingerprint density at radius 2 is 1.74 bits per heavy atom. The van der Waals surface area contributed by atoms with E-state index in [2.05, 4.69) is 8.75 Å². The van der Waals surface area contributed by atoms with Crippen LogP contribution in [0.4, 0.5) is 0 Å². The van der Waals surface area contributed by atoms with Gasteiger partial charge in [0.15, 0.2) is 0 Å². The third kappa shape index (κ3) is 2.29. The van der Waals surface area contributed by atoms with E-state index >= 15 is 0 Å². The smallest absolute Gasteiger partial charge is 0.341 e. The van der Waals surface area contributed by atoms with E-state index in [-0.39, 0.29) is 10.6 Å². The standard InChI is InChI=1S/C12H8N2O3S2/c15-19(16,17-9-5-2-1-3-6-9)11-8-4-7-10-12(11)14-18-13-10/h1-8H. The van der Waals surface area contributed by atoms with Crippen molar-refractivity contribution in [3.05, 3.63) is 48.5 Å². The van der Waals surface area contributed by atoms with Gasteiger partial charge in [0, 0.05) is 0 Å². The van der Waals surface area contributed by atoms with Crippen LogP contribution in [0.15, 0.2) is 53.4 Å². The number of rotatable bonds is 3. The molecule has 0 amide bonds. The van der Waals surface area contributed by atoms with Crippen molar-refractivity contribution in [2.75, 3.05) is 0 Å². The molecule has 0 aliphatic carbocycles. The molecule has 0 saturated heterocycles. The Labute approximate surface area is 113 Å². The summed E-state index contributed by atoms with van der Waals surface area (Å²) in [4.78, 5) is 0.0302. The minimum atomic E-state index is -3.91. The van der Waals surface area contributed by atoms with Crippen molar-refractivity contribution >= 4 is 32.9 Å². The SMILES string of the molecule is O=S(=O)(Oc1ccccc1)c1cccc2nsnc12. The van der Waals surface area contributed by atoms with Crippen molar-refractivity contribution in [3.63, 3.8) is 0 Å². The Morgan fingerprint density at radius 1 is 0.947 bits per heavy atom. The molecule has 19 heavy (non-hydrogen) atoms. The van der Waals surface area contributed by atoms with Crippen LogP contribution in [-0.4, -0.2) is 17.2 Å². The van der Waals surface area contributed by atoms with E-state index in [0.717, 1.165) is 11.7 Å². The van der Waals surface area contributed by atoms with E-state index in [1.54, 1.807) is 42.5 Å². The molecule has 0 N–H and O–H groups in total. The first-order chi connectivity index (χ1) is 9.17. The highest BCUT2D eigenvalue weighted by Gasteiger charge is 2.21. The lowest BCUT2D eigenvalue weighted by atomic mass is 10.3. The lowest BCUT2D eigenvalue weighted by molar-refractivity contribution is 0.487. The molecule has 0 radical (unpaired) electrons. The third-order valence-corrected chi connectivity index (χ3v) is 4.29. The zero-order valence-electron chi connectivity index (χ0n) is 9.55. The maximum absolute atomic E-state index is 12.2. The predicted octanol–water partition coefficient (Wildman–Crippen LogP) is 2.46. The largest absolute Gasteiger partial charge is 0.379 e. The Hall–Kier alpha value is -1.99. The molecule has 5 nitrogen and oxygen atoms in total. The number of hydrogen-bond acceptors (Lipinski definition) is 6. The summed E-state index contributed by atoms with van der Waals surface area (Å²) in [5.41, 5.74) is 0.881. The van der Waals surface area contributed by atoms with Gasteiger partial charge in [-0.05, 0) is 24.3 Å². The van der Waals surface area contributed by atoms with Crippen molar-refractivity contribution < 1.29 is 12.6 Å². The van der Waals surface area contributed by atoms with Crippen LogP contribution in [0.2, 0.25) is 0 Å². The molecule has 0 saturated carbocycles. The van der Waals surface area contributed by atoms with Crippen LogP contribution in [0.25, 0.3) is 11.0 Å². The fraction of sp³-hybridized carbons (Fsp3) is 0. The van der Waals surface area contributed by atoms with Gasteiger partial charge in [0.25, 0.3) is 0 Å². The average molecular weight is 292 g/mol. The molecule has 1 aromatic heterocycles. The summed E-state index contributed by atoms with van der Waals surface area (Å²) in [5, 5.41) is 0. The Balaban J connectivity index is 2.08. The first kappa shape index (κ1) is 12.1. The van der Waals surface area contributed by atoms with Crippen molar-refractivity contribution in [2.45, 2.75) is 4.90 Å². The summed E-state index contributed by atoms with van der Waals surface area (Å²) in [5.74, 6) is 0.266. The van der Waals surface area contributed by atoms with Crippen LogP contribution in [-0.2, 0) is 10.1 Å². The summed E-state index contributed by atoms with van der Waals surface area (Å²) in [6.45, 7) is 0. The van der Waals surface area contributed by atoms with E-state index < -0.39 is 10.1 Å². The normalized spacial score (nSPS) is 11.6. The lowest BCUT2D eigenvalue weighted by Gasteiger charge is -2.06. The summed E-state index contributed by atoms with van der Waals surface area (Å²) in [7, 11) is -3.91. The van der Waals surface area contributed by atoms with E-state index in [4.69, 9.17) is 4.18 Å². The quantitative estimate of drug-likeness (QED) is 0.694. The second-order valence-corrected chi connectivity index (χ2v) is 5.78. The zero-order chi connectivity index (χ0) is 13.3. The zero-order valence-corrected chi connectivity index (χ0v) is 11.2. The van der Waals surface area contributed by atoms with Crippen molar-refractivity contribution in [1.82, 2.24) is 8.75 Å². The van der Waals surface area contributed by atoms with E-state index in [9.17, 15) is 8.42 Å². The molecule has 0 spiro atoms. The van der Waals surface area contributed by atoms with Crippen LogP contribution in [0.3, 0.4) is 0 Å². The summed E-state index contributed by atoms with van der Waals surface area (Å²) < 4.78 is 37.5. The van der Waals surface area contributed by atoms with Crippen molar-refractivity contribution in [2.24, 2.45) is 0 Å². The molecule has 0 bridgehead atoms. The summed E-state index contributed by atoms with van der Waals surface area (Å²) in [6.07, 6.45) is 0. The summed E-state index contributed by atoms with van der Waals surface area (Å²) >= 11 is 0.969. The molecule has 7 heteroatoms. The number of benzene rings is 2. The molecule has 0 aliphatic rings. The molecule has 3 aromatic rings. The highest BCUT2D eigenvalue weighted by atomic mass is 32.2. The Bertz CT molecular complexity index is 813. The second kappa shape index (κ2) is 4.60. The van der Waals surface area contributed by atoms with Gasteiger partial charge in [0.05, 0.1) is 11.7 Å². The number of para-hydroxylation sites is 1. The van der Waals surface area contributed by atoms with Gasteiger partial charge < -0.3 is 4.18 Å². The molecular weight excluding hydrogens is 284 g/mol. The number of aromatic nitrogens is 2. The van der Waals surface area contributed by atoms with Gasteiger partial charge >= 0.3 is 10.1 Å². The van der Waals surface area contributed by atoms with Crippen LogP contribution >= 0.6 is 11.7 Å². The molecule has 1 heterocycles. The summed E-state index contributed by atoms with van der Waals surface area (Å²) in [6, 6.07) is 13.1. The van der Waals surface area contributed by atoms with Gasteiger partial charge in [0.1, 0.15) is 21.7 Å². The van der Waals surface area contributed by atoms with Crippen LogP contribution < -0.4 is 4.18 Å². The van der Waals surface area contributed by atoms with Crippen LogP contribution in [0.5, 0.6) is 5.75 Å². The van der Waals surface area contributed by atoms with E-state index in [1.165, 1.54) is 6.07 Å². The van der Waals surface area contributed by atoms with Gasteiger partial charge in [0.2, 0.25) is 0 Å². The highest BCUT2D eigenvalue weighted by Crippen LogP contribution is 2.24. The van der Waals surface area contributed by atoms with Gasteiger partial charge in [-0.15, -0.1) is 0 Å². The van der Waals surface area contributed by atoms with Crippen molar-refractivity contribution in [3.8, 4) is 5.75 Å². The van der Waals surface area contributed by atoms with Gasteiger partial charge in [-0.25, -0.2) is 0 Å². The fourth-order valence-electron chi connectivity index (χ4n) is 1.63. The van der Waals surface area contributed by atoms with Gasteiger partial charge in [-0.3, -0.25) is 0 Å². The lowest BCUT2D eigenvalue weighted by Crippen LogP contribution is -2.10. The minimum Gasteiger partial charge on any atom is -0.379 e. The monoisotopic (exact) mass is 292 g/mol. The number of fused-ring (bicyclic) bond motifs is 1. The molecule has 2 aromatic carbocycles. The fourth-order valence-corrected chi connectivity index (χ4v) is 3.32. The average Bonchev–Trinajstić information content (AvgIpc) is 2.87. The number of nitrogens with zero attached hydrogens (tertiary/aromatic N) is 2. The maximum Gasteiger partial charge on any atom is 0.341 e. The molecule has 0 atom stereocenters. The van der Waals surface area contributed by atoms with E-state index in [0.29, 0.717) is 11.0 Å². The molecule has 0 aliphatic heterocycles. The van der Waals surface area contributed by atoms with Crippen LogP contribution in [0.1, 0.15) is 0 Å². The van der Waals surface area contributed by atoms with Crippen LogP contribution in [0, 0.1) is 0 Å². The van der Waals surface area contributed by atoms with Gasteiger partial charge in [-0.2, -0.15) is 17.2 Å². The molecule has 0 unspecified atom stereocenters. The molecular formula is C12H8N2O3S2. The number of hydrogen-bond donors (Lipinski definition) is 0. The Kier molecular flexibility index (Phi) is 2.92.